The van der Waals surface area contributed by atoms with Crippen molar-refractivity contribution in [3.8, 4) is 16.8 Å². The molecule has 0 spiro atoms. The summed E-state index contributed by atoms with van der Waals surface area (Å²) in [6, 6.07) is 9.45. The molecule has 20 heavy (non-hydrogen) atoms. The molecule has 6 heteroatoms. The van der Waals surface area contributed by atoms with Crippen molar-refractivity contribution in [3.05, 3.63) is 53.4 Å². The third kappa shape index (κ3) is 2.53. The first kappa shape index (κ1) is 12.4. The summed E-state index contributed by atoms with van der Waals surface area (Å²) in [7, 11) is 0. The molecule has 0 aromatic carbocycles. The lowest BCUT2D eigenvalue weighted by molar-refractivity contribution is 0.574. The van der Waals surface area contributed by atoms with Crippen LogP contribution >= 0.6 is 11.3 Å². The number of nitriles is 1. The number of oxazole rings is 1. The van der Waals surface area contributed by atoms with Crippen molar-refractivity contribution >= 4 is 17.2 Å². The van der Waals surface area contributed by atoms with Crippen LogP contribution in [-0.4, -0.2) is 9.97 Å². The fourth-order valence-electron chi connectivity index (χ4n) is 1.71. The van der Waals surface area contributed by atoms with Gasteiger partial charge in [-0.25, -0.2) is 9.97 Å². The van der Waals surface area contributed by atoms with Crippen molar-refractivity contribution in [1.82, 2.24) is 9.97 Å². The highest BCUT2D eigenvalue weighted by atomic mass is 32.1. The van der Waals surface area contributed by atoms with Crippen LogP contribution in [0.4, 0.5) is 5.82 Å². The summed E-state index contributed by atoms with van der Waals surface area (Å²) in [5, 5.41) is 14.0. The van der Waals surface area contributed by atoms with Crippen molar-refractivity contribution in [2.75, 3.05) is 5.32 Å². The van der Waals surface area contributed by atoms with E-state index in [2.05, 4.69) is 21.4 Å². The van der Waals surface area contributed by atoms with Gasteiger partial charge in [0.15, 0.2) is 0 Å². The number of pyridine rings is 1. The topological polar surface area (TPSA) is 74.7 Å². The molecule has 0 aliphatic rings. The van der Waals surface area contributed by atoms with E-state index in [9.17, 15) is 0 Å². The molecule has 0 saturated heterocycles. The Morgan fingerprint density at radius 1 is 1.35 bits per heavy atom. The minimum Gasteiger partial charge on any atom is -0.443 e. The molecule has 0 radical (unpaired) electrons. The van der Waals surface area contributed by atoms with Crippen LogP contribution in [-0.2, 0) is 6.54 Å². The number of nitrogens with one attached hydrogen (secondary N) is 1. The summed E-state index contributed by atoms with van der Waals surface area (Å²) < 4.78 is 5.43. The van der Waals surface area contributed by atoms with E-state index in [1.165, 1.54) is 0 Å². The Labute approximate surface area is 119 Å². The molecule has 0 unspecified atom stereocenters. The van der Waals surface area contributed by atoms with Crippen molar-refractivity contribution < 1.29 is 4.42 Å². The van der Waals surface area contributed by atoms with E-state index in [0.29, 0.717) is 23.8 Å². The Hall–Kier alpha value is -2.65. The molecule has 0 aliphatic heterocycles. The van der Waals surface area contributed by atoms with Crippen molar-refractivity contribution in [3.63, 3.8) is 0 Å². The average Bonchev–Trinajstić information content (AvgIpc) is 3.16. The van der Waals surface area contributed by atoms with E-state index in [1.807, 2.05) is 17.5 Å². The van der Waals surface area contributed by atoms with Gasteiger partial charge in [0.25, 0.3) is 0 Å². The van der Waals surface area contributed by atoms with Crippen LogP contribution < -0.4 is 5.32 Å². The van der Waals surface area contributed by atoms with Crippen LogP contribution in [0.25, 0.3) is 10.8 Å². The molecule has 5 nitrogen and oxygen atoms in total. The van der Waals surface area contributed by atoms with E-state index in [4.69, 9.17) is 9.68 Å². The summed E-state index contributed by atoms with van der Waals surface area (Å²) in [5.41, 5.74) is 1.28. The van der Waals surface area contributed by atoms with Gasteiger partial charge in [0.05, 0.1) is 22.7 Å². The number of hydrogen-bond donors (Lipinski definition) is 1. The van der Waals surface area contributed by atoms with Crippen molar-refractivity contribution in [1.29, 1.82) is 5.26 Å². The molecule has 3 rings (SSSR count). The van der Waals surface area contributed by atoms with Crippen LogP contribution in [0.2, 0.25) is 0 Å². The first-order valence-electron chi connectivity index (χ1n) is 5.94. The third-order valence-electron chi connectivity index (χ3n) is 2.65. The first-order valence-corrected chi connectivity index (χ1v) is 6.82. The fourth-order valence-corrected chi connectivity index (χ4v) is 2.37. The van der Waals surface area contributed by atoms with Gasteiger partial charge in [0, 0.05) is 6.20 Å². The molecule has 0 fully saturated rings. The van der Waals surface area contributed by atoms with Gasteiger partial charge in [-0.3, -0.25) is 0 Å². The SMILES string of the molecule is N#Cc1cccnc1NCc1coc(-c2cccs2)n1. The maximum Gasteiger partial charge on any atom is 0.236 e. The highest BCUT2D eigenvalue weighted by Gasteiger charge is 2.08. The lowest BCUT2D eigenvalue weighted by Crippen LogP contribution is -2.03. The van der Waals surface area contributed by atoms with Gasteiger partial charge in [-0.15, -0.1) is 11.3 Å². The van der Waals surface area contributed by atoms with Crippen LogP contribution in [0.15, 0.2) is 46.5 Å². The van der Waals surface area contributed by atoms with Gasteiger partial charge in [-0.1, -0.05) is 6.07 Å². The zero-order chi connectivity index (χ0) is 13.8. The average molecular weight is 282 g/mol. The van der Waals surface area contributed by atoms with Crippen LogP contribution in [0.5, 0.6) is 0 Å². The van der Waals surface area contributed by atoms with Crippen LogP contribution in [0.3, 0.4) is 0 Å². The van der Waals surface area contributed by atoms with Gasteiger partial charge >= 0.3 is 0 Å². The highest BCUT2D eigenvalue weighted by molar-refractivity contribution is 7.13. The Kier molecular flexibility index (Phi) is 3.44. The second-order valence-electron chi connectivity index (χ2n) is 3.99. The summed E-state index contributed by atoms with van der Waals surface area (Å²) >= 11 is 1.58. The maximum atomic E-state index is 8.98. The minimum absolute atomic E-state index is 0.459. The number of anilines is 1. The molecule has 3 aromatic rings. The monoisotopic (exact) mass is 282 g/mol. The molecule has 98 valence electrons. The van der Waals surface area contributed by atoms with Gasteiger partial charge in [-0.05, 0) is 23.6 Å². The number of rotatable bonds is 4. The largest absolute Gasteiger partial charge is 0.443 e. The van der Waals surface area contributed by atoms with E-state index in [1.54, 1.807) is 35.9 Å². The van der Waals surface area contributed by atoms with E-state index >= 15 is 0 Å². The first-order chi connectivity index (χ1) is 9.86. The van der Waals surface area contributed by atoms with Crippen LogP contribution in [0, 0.1) is 11.3 Å². The molecule has 0 aliphatic carbocycles. The third-order valence-corrected chi connectivity index (χ3v) is 3.51. The maximum absolute atomic E-state index is 8.98. The second-order valence-corrected chi connectivity index (χ2v) is 4.93. The molecule has 0 atom stereocenters. The highest BCUT2D eigenvalue weighted by Crippen LogP contribution is 2.23. The van der Waals surface area contributed by atoms with Crippen molar-refractivity contribution in [2.45, 2.75) is 6.54 Å². The van der Waals surface area contributed by atoms with E-state index in [-0.39, 0.29) is 0 Å². The molecular weight excluding hydrogens is 272 g/mol. The lowest BCUT2D eigenvalue weighted by atomic mass is 10.3. The normalized spacial score (nSPS) is 10.2. The number of aromatic nitrogens is 2. The predicted molar refractivity (Wildman–Crippen MR) is 76.1 cm³/mol. The number of nitrogens with zero attached hydrogens (tertiary/aromatic N) is 3. The van der Waals surface area contributed by atoms with Gasteiger partial charge in [0.1, 0.15) is 18.2 Å². The Morgan fingerprint density at radius 3 is 3.10 bits per heavy atom. The fraction of sp³-hybridized carbons (Fsp3) is 0.0714. The minimum atomic E-state index is 0.459. The molecule has 3 aromatic heterocycles. The van der Waals surface area contributed by atoms with Gasteiger partial charge < -0.3 is 9.73 Å². The molecule has 3 heterocycles. The smallest absolute Gasteiger partial charge is 0.236 e. The quantitative estimate of drug-likeness (QED) is 0.794. The summed E-state index contributed by atoms with van der Waals surface area (Å²) in [6.45, 7) is 0.459. The zero-order valence-electron chi connectivity index (χ0n) is 10.4. The Morgan fingerprint density at radius 2 is 2.30 bits per heavy atom. The molecule has 0 amide bonds. The Balaban J connectivity index is 1.72. The van der Waals surface area contributed by atoms with Gasteiger partial charge in [0.2, 0.25) is 5.89 Å². The van der Waals surface area contributed by atoms with E-state index < -0.39 is 0 Å². The lowest BCUT2D eigenvalue weighted by Gasteiger charge is -2.03. The second kappa shape index (κ2) is 5.55. The predicted octanol–water partition coefficient (Wildman–Crippen LogP) is 3.28. The standard InChI is InChI=1S/C14H10N4OS/c15-7-10-3-1-5-16-13(10)17-8-11-9-19-14(18-11)12-4-2-6-20-12/h1-6,9H,8H2,(H,16,17). The molecule has 1 N–H and O–H groups in total. The van der Waals surface area contributed by atoms with Gasteiger partial charge in [-0.2, -0.15) is 5.26 Å². The van der Waals surface area contributed by atoms with Crippen LogP contribution in [0.1, 0.15) is 11.3 Å². The van der Waals surface area contributed by atoms with Crippen molar-refractivity contribution in [2.24, 2.45) is 0 Å². The van der Waals surface area contributed by atoms with E-state index in [0.717, 1.165) is 10.6 Å². The summed E-state index contributed by atoms with van der Waals surface area (Å²) in [6.07, 6.45) is 3.25. The zero-order valence-corrected chi connectivity index (χ0v) is 11.2. The molecule has 0 bridgehead atoms. The number of thiophene rings is 1. The summed E-state index contributed by atoms with van der Waals surface area (Å²) in [5.74, 6) is 1.16. The summed E-state index contributed by atoms with van der Waals surface area (Å²) in [4.78, 5) is 9.52. The Bertz CT molecular complexity index is 743. The number of hydrogen-bond acceptors (Lipinski definition) is 6. The molecule has 0 saturated carbocycles. The molecular formula is C14H10N4OS.